The molecular formula is C14H23N7. The summed E-state index contributed by atoms with van der Waals surface area (Å²) in [6.07, 6.45) is 2.67. The van der Waals surface area contributed by atoms with Gasteiger partial charge in [-0.3, -0.25) is 4.68 Å². The number of hydrogen-bond donors (Lipinski definition) is 3. The normalized spacial score (nSPS) is 11.5. The predicted molar refractivity (Wildman–Crippen MR) is 83.9 cm³/mol. The van der Waals surface area contributed by atoms with Crippen molar-refractivity contribution in [2.45, 2.75) is 32.6 Å². The summed E-state index contributed by atoms with van der Waals surface area (Å²) in [4.78, 5) is 8.95. The largest absolute Gasteiger partial charge is 0.370 e. The third-order valence-electron chi connectivity index (χ3n) is 3.15. The molecule has 0 bridgehead atoms. The van der Waals surface area contributed by atoms with Gasteiger partial charge in [0, 0.05) is 43.4 Å². The van der Waals surface area contributed by atoms with Crippen molar-refractivity contribution in [2.24, 2.45) is 12.9 Å². The van der Waals surface area contributed by atoms with Crippen molar-refractivity contribution >= 4 is 11.6 Å². The molecule has 0 radical (unpaired) electrons. The highest BCUT2D eigenvalue weighted by Crippen LogP contribution is 2.21. The van der Waals surface area contributed by atoms with Crippen LogP contribution in [0.25, 0.3) is 0 Å². The maximum absolute atomic E-state index is 5.48. The van der Waals surface area contributed by atoms with Crippen LogP contribution in [-0.2, 0) is 18.9 Å². The van der Waals surface area contributed by atoms with Gasteiger partial charge < -0.3 is 10.7 Å². The molecule has 0 fully saturated rings. The SMILES string of the molecule is Cn1nccc1CCNc1cc(NN)nc(C(C)(C)C)n1. The number of anilines is 2. The summed E-state index contributed by atoms with van der Waals surface area (Å²) < 4.78 is 1.87. The van der Waals surface area contributed by atoms with E-state index in [1.165, 1.54) is 5.69 Å². The van der Waals surface area contributed by atoms with E-state index in [1.807, 2.05) is 17.8 Å². The molecule has 0 amide bonds. The number of hydrazine groups is 1. The fraction of sp³-hybridized carbons (Fsp3) is 0.500. The monoisotopic (exact) mass is 289 g/mol. The maximum Gasteiger partial charge on any atom is 0.145 e. The van der Waals surface area contributed by atoms with E-state index in [9.17, 15) is 0 Å². The van der Waals surface area contributed by atoms with Crippen molar-refractivity contribution in [2.75, 3.05) is 17.3 Å². The zero-order valence-electron chi connectivity index (χ0n) is 13.0. The minimum absolute atomic E-state index is 0.134. The topological polar surface area (TPSA) is 93.7 Å². The van der Waals surface area contributed by atoms with Crippen LogP contribution in [0.1, 0.15) is 32.3 Å². The van der Waals surface area contributed by atoms with Crippen LogP contribution in [0, 0.1) is 0 Å². The summed E-state index contributed by atoms with van der Waals surface area (Å²) >= 11 is 0. The molecule has 0 aliphatic carbocycles. The summed E-state index contributed by atoms with van der Waals surface area (Å²) in [5, 5.41) is 7.46. The molecule has 0 unspecified atom stereocenters. The molecule has 7 nitrogen and oxygen atoms in total. The van der Waals surface area contributed by atoms with Crippen molar-refractivity contribution in [3.05, 3.63) is 29.8 Å². The van der Waals surface area contributed by atoms with Crippen LogP contribution in [0.15, 0.2) is 18.3 Å². The number of nitrogens with zero attached hydrogens (tertiary/aromatic N) is 4. The molecule has 21 heavy (non-hydrogen) atoms. The molecule has 0 atom stereocenters. The number of hydrogen-bond acceptors (Lipinski definition) is 6. The molecule has 7 heteroatoms. The zero-order valence-corrected chi connectivity index (χ0v) is 13.0. The van der Waals surface area contributed by atoms with E-state index in [0.29, 0.717) is 5.82 Å². The molecule has 0 aliphatic rings. The number of nitrogens with two attached hydrogens (primary N) is 1. The fourth-order valence-electron chi connectivity index (χ4n) is 1.91. The van der Waals surface area contributed by atoms with Crippen LogP contribution >= 0.6 is 0 Å². The Bertz CT molecular complexity index is 598. The highest BCUT2D eigenvalue weighted by atomic mass is 15.3. The second kappa shape index (κ2) is 6.09. The molecule has 2 heterocycles. The number of aromatic nitrogens is 4. The van der Waals surface area contributed by atoms with Crippen LogP contribution in [0.4, 0.5) is 11.6 Å². The average Bonchev–Trinajstić information content (AvgIpc) is 2.83. The number of nitrogens with one attached hydrogen (secondary N) is 2. The minimum Gasteiger partial charge on any atom is -0.370 e. The molecule has 4 N–H and O–H groups in total. The van der Waals surface area contributed by atoms with Gasteiger partial charge in [-0.15, -0.1) is 0 Å². The van der Waals surface area contributed by atoms with Crippen LogP contribution in [-0.4, -0.2) is 26.3 Å². The molecule has 114 valence electrons. The Morgan fingerprint density at radius 3 is 2.52 bits per heavy atom. The van der Waals surface area contributed by atoms with Gasteiger partial charge in [-0.05, 0) is 6.07 Å². The second-order valence-corrected chi connectivity index (χ2v) is 5.98. The van der Waals surface area contributed by atoms with Gasteiger partial charge in [0.15, 0.2) is 0 Å². The predicted octanol–water partition coefficient (Wildman–Crippen LogP) is 1.45. The first-order chi connectivity index (χ1) is 9.90. The lowest BCUT2D eigenvalue weighted by Gasteiger charge is -2.18. The van der Waals surface area contributed by atoms with Crippen LogP contribution < -0.4 is 16.6 Å². The third kappa shape index (κ3) is 3.91. The standard InChI is InChI=1S/C14H23N7/c1-14(2,3)13-18-11(9-12(19-13)20-15)16-7-5-10-6-8-17-21(10)4/h6,8-9H,5,7,15H2,1-4H3,(H2,16,18,19,20). The van der Waals surface area contributed by atoms with E-state index >= 15 is 0 Å². The third-order valence-corrected chi connectivity index (χ3v) is 3.15. The van der Waals surface area contributed by atoms with Crippen molar-refractivity contribution in [3.8, 4) is 0 Å². The molecule has 0 aliphatic heterocycles. The lowest BCUT2D eigenvalue weighted by Crippen LogP contribution is -2.20. The van der Waals surface area contributed by atoms with Crippen molar-refractivity contribution < 1.29 is 0 Å². The van der Waals surface area contributed by atoms with E-state index in [2.05, 4.69) is 46.6 Å². The van der Waals surface area contributed by atoms with Gasteiger partial charge in [-0.1, -0.05) is 20.8 Å². The van der Waals surface area contributed by atoms with Crippen LogP contribution in [0.3, 0.4) is 0 Å². The van der Waals surface area contributed by atoms with Gasteiger partial charge in [-0.25, -0.2) is 15.8 Å². The van der Waals surface area contributed by atoms with E-state index in [-0.39, 0.29) is 5.41 Å². The van der Waals surface area contributed by atoms with Crippen LogP contribution in [0.2, 0.25) is 0 Å². The highest BCUT2D eigenvalue weighted by molar-refractivity contribution is 5.47. The summed E-state index contributed by atoms with van der Waals surface area (Å²) in [7, 11) is 1.94. The Labute approximate surface area is 124 Å². The summed E-state index contributed by atoms with van der Waals surface area (Å²) in [6, 6.07) is 3.81. The lowest BCUT2D eigenvalue weighted by atomic mass is 9.96. The number of nitrogen functional groups attached to an aromatic ring is 1. The smallest absolute Gasteiger partial charge is 0.145 e. The first-order valence-electron chi connectivity index (χ1n) is 6.97. The van der Waals surface area contributed by atoms with Gasteiger partial charge in [0.1, 0.15) is 17.5 Å². The molecule has 0 aromatic carbocycles. The first-order valence-corrected chi connectivity index (χ1v) is 6.97. The molecule has 2 aromatic heterocycles. The summed E-state index contributed by atoms with van der Waals surface area (Å²) in [6.45, 7) is 6.98. The quantitative estimate of drug-likeness (QED) is 0.570. The molecular weight excluding hydrogens is 266 g/mol. The molecule has 0 spiro atoms. The van der Waals surface area contributed by atoms with E-state index in [0.717, 1.165) is 24.6 Å². The van der Waals surface area contributed by atoms with Crippen molar-refractivity contribution in [3.63, 3.8) is 0 Å². The first kappa shape index (κ1) is 15.2. The highest BCUT2D eigenvalue weighted by Gasteiger charge is 2.19. The molecule has 0 saturated carbocycles. The fourth-order valence-corrected chi connectivity index (χ4v) is 1.91. The van der Waals surface area contributed by atoms with Gasteiger partial charge >= 0.3 is 0 Å². The van der Waals surface area contributed by atoms with E-state index in [1.54, 1.807) is 12.3 Å². The lowest BCUT2D eigenvalue weighted by molar-refractivity contribution is 0.546. The Morgan fingerprint density at radius 2 is 1.95 bits per heavy atom. The van der Waals surface area contributed by atoms with Gasteiger partial charge in [0.2, 0.25) is 0 Å². The van der Waals surface area contributed by atoms with E-state index < -0.39 is 0 Å². The number of aryl methyl sites for hydroxylation is 1. The Hall–Kier alpha value is -2.15. The van der Waals surface area contributed by atoms with E-state index in [4.69, 9.17) is 5.84 Å². The van der Waals surface area contributed by atoms with Gasteiger partial charge in [-0.2, -0.15) is 5.10 Å². The second-order valence-electron chi connectivity index (χ2n) is 5.98. The van der Waals surface area contributed by atoms with Crippen LogP contribution in [0.5, 0.6) is 0 Å². The summed E-state index contributed by atoms with van der Waals surface area (Å²) in [5.74, 6) is 7.61. The van der Waals surface area contributed by atoms with Gasteiger partial charge in [0.05, 0.1) is 0 Å². The van der Waals surface area contributed by atoms with Crippen molar-refractivity contribution in [1.82, 2.24) is 19.7 Å². The number of rotatable bonds is 5. The summed E-state index contributed by atoms with van der Waals surface area (Å²) in [5.41, 5.74) is 3.63. The molecule has 2 rings (SSSR count). The maximum atomic E-state index is 5.48. The Kier molecular flexibility index (Phi) is 4.42. The van der Waals surface area contributed by atoms with Crippen molar-refractivity contribution in [1.29, 1.82) is 0 Å². The molecule has 0 saturated heterocycles. The molecule has 2 aromatic rings. The average molecular weight is 289 g/mol. The van der Waals surface area contributed by atoms with Gasteiger partial charge in [0.25, 0.3) is 0 Å². The minimum atomic E-state index is -0.134. The Morgan fingerprint density at radius 1 is 1.24 bits per heavy atom. The zero-order chi connectivity index (χ0) is 15.5. The Balaban J connectivity index is 2.07.